The van der Waals surface area contributed by atoms with Crippen LogP contribution >= 0.6 is 15.9 Å². The molecule has 0 aliphatic carbocycles. The van der Waals surface area contributed by atoms with Gasteiger partial charge < -0.3 is 15.8 Å². The van der Waals surface area contributed by atoms with Crippen LogP contribution in [0.15, 0.2) is 22.7 Å². The lowest BCUT2D eigenvalue weighted by atomic mass is 10.1. The van der Waals surface area contributed by atoms with Crippen LogP contribution in [0.4, 0.5) is 5.69 Å². The Morgan fingerprint density at radius 3 is 2.88 bits per heavy atom. The molecule has 1 aromatic carbocycles. The van der Waals surface area contributed by atoms with Crippen LogP contribution in [-0.4, -0.2) is 19.6 Å². The molecule has 1 rings (SSSR count). The number of hydrogen-bond donors (Lipinski definition) is 2. The summed E-state index contributed by atoms with van der Waals surface area (Å²) in [5, 5.41) is 2.82. The minimum absolute atomic E-state index is 0.0562. The smallest absolute Gasteiger partial charge is 0.224 e. The Bertz CT molecular complexity index is 396. The second kappa shape index (κ2) is 6.61. The van der Waals surface area contributed by atoms with Gasteiger partial charge in [-0.3, -0.25) is 4.79 Å². The third-order valence-corrected chi connectivity index (χ3v) is 2.87. The zero-order chi connectivity index (χ0) is 12.8. The predicted molar refractivity (Wildman–Crippen MR) is 72.2 cm³/mol. The van der Waals surface area contributed by atoms with E-state index in [1.54, 1.807) is 13.2 Å². The minimum atomic E-state index is -0.0562. The van der Waals surface area contributed by atoms with E-state index in [1.165, 1.54) is 0 Å². The Hall–Kier alpha value is -1.07. The largest absolute Gasteiger partial charge is 0.495 e. The quantitative estimate of drug-likeness (QED) is 0.877. The van der Waals surface area contributed by atoms with Crippen molar-refractivity contribution in [3.05, 3.63) is 22.7 Å². The van der Waals surface area contributed by atoms with Crippen LogP contribution in [0.5, 0.6) is 5.75 Å². The molecule has 0 aliphatic heterocycles. The first-order valence-corrected chi connectivity index (χ1v) is 6.19. The highest BCUT2D eigenvalue weighted by atomic mass is 79.9. The van der Waals surface area contributed by atoms with Crippen molar-refractivity contribution in [2.45, 2.75) is 13.3 Å². The predicted octanol–water partition coefficient (Wildman–Crippen LogP) is 2.38. The second-order valence-corrected chi connectivity index (χ2v) is 4.85. The average molecular weight is 301 g/mol. The van der Waals surface area contributed by atoms with Crippen molar-refractivity contribution >= 4 is 27.5 Å². The molecule has 1 aromatic rings. The first-order valence-electron chi connectivity index (χ1n) is 5.40. The molecule has 0 radical (unpaired) electrons. The van der Waals surface area contributed by atoms with Crippen molar-refractivity contribution in [1.82, 2.24) is 0 Å². The lowest BCUT2D eigenvalue weighted by molar-refractivity contribution is -0.116. The summed E-state index contributed by atoms with van der Waals surface area (Å²) < 4.78 is 6.06. The molecule has 3 N–H and O–H groups in total. The van der Waals surface area contributed by atoms with E-state index in [4.69, 9.17) is 10.5 Å². The van der Waals surface area contributed by atoms with E-state index in [0.29, 0.717) is 24.4 Å². The summed E-state index contributed by atoms with van der Waals surface area (Å²) in [6, 6.07) is 5.47. The molecule has 0 aromatic heterocycles. The number of hydrogen-bond acceptors (Lipinski definition) is 3. The van der Waals surface area contributed by atoms with Gasteiger partial charge in [-0.2, -0.15) is 0 Å². The van der Waals surface area contributed by atoms with Gasteiger partial charge in [0.1, 0.15) is 5.75 Å². The molecule has 5 heteroatoms. The molecule has 0 saturated heterocycles. The van der Waals surface area contributed by atoms with E-state index in [9.17, 15) is 4.79 Å². The molecule has 4 nitrogen and oxygen atoms in total. The van der Waals surface area contributed by atoms with Gasteiger partial charge in [0.25, 0.3) is 0 Å². The summed E-state index contributed by atoms with van der Waals surface area (Å²) in [5.41, 5.74) is 6.14. The van der Waals surface area contributed by atoms with Gasteiger partial charge >= 0.3 is 0 Å². The topological polar surface area (TPSA) is 64.3 Å². The number of halogens is 1. The summed E-state index contributed by atoms with van der Waals surface area (Å²) in [7, 11) is 1.57. The number of rotatable bonds is 5. The van der Waals surface area contributed by atoms with Gasteiger partial charge in [0.2, 0.25) is 5.91 Å². The standard InChI is InChI=1S/C12H17BrN2O2/c1-8(7-14)5-12(16)15-10-6-9(13)3-4-11(10)17-2/h3-4,6,8H,5,7,14H2,1-2H3,(H,15,16). The van der Waals surface area contributed by atoms with E-state index in [2.05, 4.69) is 21.2 Å². The van der Waals surface area contributed by atoms with Gasteiger partial charge in [0.15, 0.2) is 0 Å². The molecule has 0 bridgehead atoms. The number of amides is 1. The lowest BCUT2D eigenvalue weighted by Crippen LogP contribution is -2.20. The van der Waals surface area contributed by atoms with Crippen LogP contribution in [0.3, 0.4) is 0 Å². The van der Waals surface area contributed by atoms with Crippen LogP contribution in [0.25, 0.3) is 0 Å². The molecule has 0 spiro atoms. The Morgan fingerprint density at radius 2 is 2.29 bits per heavy atom. The molecule has 0 saturated carbocycles. The first-order chi connectivity index (χ1) is 8.06. The first kappa shape index (κ1) is 14.0. The van der Waals surface area contributed by atoms with Crippen LogP contribution in [-0.2, 0) is 4.79 Å². The van der Waals surface area contributed by atoms with Crippen molar-refractivity contribution in [2.75, 3.05) is 19.0 Å². The van der Waals surface area contributed by atoms with Gasteiger partial charge in [-0.05, 0) is 30.7 Å². The third-order valence-electron chi connectivity index (χ3n) is 2.37. The van der Waals surface area contributed by atoms with E-state index >= 15 is 0 Å². The maximum absolute atomic E-state index is 11.7. The highest BCUT2D eigenvalue weighted by Crippen LogP contribution is 2.28. The van der Waals surface area contributed by atoms with Crippen molar-refractivity contribution in [3.63, 3.8) is 0 Å². The Morgan fingerprint density at radius 1 is 1.59 bits per heavy atom. The van der Waals surface area contributed by atoms with E-state index in [0.717, 1.165) is 4.47 Å². The molecule has 0 heterocycles. The molecule has 1 amide bonds. The van der Waals surface area contributed by atoms with Crippen molar-refractivity contribution in [1.29, 1.82) is 0 Å². The van der Waals surface area contributed by atoms with Crippen molar-refractivity contribution < 1.29 is 9.53 Å². The second-order valence-electron chi connectivity index (χ2n) is 3.94. The summed E-state index contributed by atoms with van der Waals surface area (Å²) in [6.07, 6.45) is 0.409. The number of nitrogens with one attached hydrogen (secondary N) is 1. The summed E-state index contributed by atoms with van der Waals surface area (Å²) in [4.78, 5) is 11.7. The average Bonchev–Trinajstić information content (AvgIpc) is 2.29. The highest BCUT2D eigenvalue weighted by molar-refractivity contribution is 9.10. The van der Waals surface area contributed by atoms with Crippen molar-refractivity contribution in [3.8, 4) is 5.75 Å². The molecule has 17 heavy (non-hydrogen) atoms. The van der Waals surface area contributed by atoms with Gasteiger partial charge in [-0.1, -0.05) is 22.9 Å². The molecule has 1 atom stereocenters. The number of ether oxygens (including phenoxy) is 1. The molecular formula is C12H17BrN2O2. The number of benzene rings is 1. The number of carbonyl (C=O) groups is 1. The molecule has 0 fully saturated rings. The van der Waals surface area contributed by atoms with Gasteiger partial charge in [0.05, 0.1) is 12.8 Å². The lowest BCUT2D eigenvalue weighted by Gasteiger charge is -2.12. The maximum atomic E-state index is 11.7. The van der Waals surface area contributed by atoms with Gasteiger partial charge in [-0.25, -0.2) is 0 Å². The molecule has 94 valence electrons. The van der Waals surface area contributed by atoms with Crippen molar-refractivity contribution in [2.24, 2.45) is 11.7 Å². The van der Waals surface area contributed by atoms with Crippen LogP contribution in [0, 0.1) is 5.92 Å². The fourth-order valence-electron chi connectivity index (χ4n) is 1.38. The minimum Gasteiger partial charge on any atom is -0.495 e. The molecular weight excluding hydrogens is 284 g/mol. The normalized spacial score (nSPS) is 12.0. The monoisotopic (exact) mass is 300 g/mol. The Balaban J connectivity index is 2.73. The van der Waals surface area contributed by atoms with Crippen LogP contribution in [0.1, 0.15) is 13.3 Å². The summed E-state index contributed by atoms with van der Waals surface area (Å²) in [5.74, 6) is 0.759. The zero-order valence-corrected chi connectivity index (χ0v) is 11.6. The van der Waals surface area contributed by atoms with E-state index in [1.807, 2.05) is 19.1 Å². The number of methoxy groups -OCH3 is 1. The highest BCUT2D eigenvalue weighted by Gasteiger charge is 2.10. The summed E-state index contributed by atoms with van der Waals surface area (Å²) >= 11 is 3.35. The van der Waals surface area contributed by atoms with Gasteiger partial charge in [0, 0.05) is 10.9 Å². The Kier molecular flexibility index (Phi) is 5.44. The Labute approximate surface area is 110 Å². The fraction of sp³-hybridized carbons (Fsp3) is 0.417. The van der Waals surface area contributed by atoms with E-state index in [-0.39, 0.29) is 11.8 Å². The zero-order valence-electron chi connectivity index (χ0n) is 10.00. The van der Waals surface area contributed by atoms with Gasteiger partial charge in [-0.15, -0.1) is 0 Å². The third kappa shape index (κ3) is 4.36. The molecule has 1 unspecified atom stereocenters. The number of carbonyl (C=O) groups excluding carboxylic acids is 1. The molecule has 0 aliphatic rings. The van der Waals surface area contributed by atoms with Crippen LogP contribution in [0.2, 0.25) is 0 Å². The number of anilines is 1. The fourth-order valence-corrected chi connectivity index (χ4v) is 1.74. The summed E-state index contributed by atoms with van der Waals surface area (Å²) in [6.45, 7) is 2.45. The maximum Gasteiger partial charge on any atom is 0.224 e. The van der Waals surface area contributed by atoms with Crippen LogP contribution < -0.4 is 15.8 Å². The SMILES string of the molecule is COc1ccc(Br)cc1NC(=O)CC(C)CN. The number of nitrogens with two attached hydrogens (primary N) is 1. The van der Waals surface area contributed by atoms with E-state index < -0.39 is 0 Å².